The van der Waals surface area contributed by atoms with Crippen LogP contribution in [0.15, 0.2) is 94.7 Å². The van der Waals surface area contributed by atoms with Gasteiger partial charge in [-0.15, -0.1) is 0 Å². The number of aromatic nitrogens is 6. The molecule has 0 spiro atoms. The second kappa shape index (κ2) is 15.7. The van der Waals surface area contributed by atoms with Gasteiger partial charge in [-0.1, -0.05) is 48.6 Å². The van der Waals surface area contributed by atoms with Crippen LogP contribution in [0.25, 0.3) is 34.9 Å². The molecule has 0 saturated heterocycles. The number of carboxylic acids is 2. The van der Waals surface area contributed by atoms with Crippen molar-refractivity contribution in [2.45, 2.75) is 9.79 Å². The van der Waals surface area contributed by atoms with E-state index in [0.717, 1.165) is 12.1 Å². The number of hydrogen-bond acceptors (Lipinski definition) is 14. The van der Waals surface area contributed by atoms with E-state index in [4.69, 9.17) is 23.2 Å². The molecule has 0 aliphatic carbocycles. The van der Waals surface area contributed by atoms with Crippen LogP contribution in [0, 0.1) is 0 Å². The minimum absolute atomic E-state index is 0.0185. The van der Waals surface area contributed by atoms with E-state index in [2.05, 4.69) is 40.5 Å². The number of nitrogens with zero attached hydrogens (tertiary/aromatic N) is 6. The lowest BCUT2D eigenvalue weighted by Gasteiger charge is -2.10. The third kappa shape index (κ3) is 9.44. The molecule has 0 atom stereocenters. The van der Waals surface area contributed by atoms with Crippen molar-refractivity contribution < 1.29 is 45.7 Å². The van der Waals surface area contributed by atoms with Crippen LogP contribution in [-0.4, -0.2) is 78.0 Å². The van der Waals surface area contributed by atoms with Crippen molar-refractivity contribution in [3.8, 4) is 22.8 Å². The standard InChI is InChI=1S/C34H22Cl2N8O10S2/c35-31-39-27(41-33(43-31)37-23-5-1-3-21(13-23)29(45)46)19-11-9-17(25(15-19)55(49,50)51)7-8-18-10-12-20(16-26(18)56(52,53)54)28-40-32(36)44-34(42-28)38-24-6-2-4-22(14-24)30(47)48/h1-16H,(H,45,46)(H,47,48)(H,49,50,51)(H,52,53,54)(H,37,39,41,43)(H,38,40,42,44)/b8-7+. The first-order valence-corrected chi connectivity index (χ1v) is 19.0. The molecule has 0 saturated carbocycles. The Kier molecular flexibility index (Phi) is 11.0. The van der Waals surface area contributed by atoms with Crippen molar-refractivity contribution in [1.82, 2.24) is 29.9 Å². The lowest BCUT2D eigenvalue weighted by atomic mass is 10.1. The molecule has 0 bridgehead atoms. The van der Waals surface area contributed by atoms with Gasteiger partial charge in [0.1, 0.15) is 9.79 Å². The zero-order valence-electron chi connectivity index (χ0n) is 27.7. The van der Waals surface area contributed by atoms with Crippen molar-refractivity contribution in [2.75, 3.05) is 10.6 Å². The van der Waals surface area contributed by atoms with Gasteiger partial charge in [-0.05, 0) is 82.9 Å². The van der Waals surface area contributed by atoms with Crippen LogP contribution in [0.5, 0.6) is 0 Å². The Morgan fingerprint density at radius 2 is 0.946 bits per heavy atom. The molecule has 6 rings (SSSR count). The normalized spacial score (nSPS) is 11.7. The summed E-state index contributed by atoms with van der Waals surface area (Å²) in [6.07, 6.45) is 2.35. The molecular formula is C34H22Cl2N8O10S2. The highest BCUT2D eigenvalue weighted by Crippen LogP contribution is 2.30. The molecule has 0 amide bonds. The molecule has 2 heterocycles. The number of carboxylic acid groups (broad SMARTS) is 2. The van der Waals surface area contributed by atoms with Gasteiger partial charge in [-0.25, -0.2) is 9.59 Å². The summed E-state index contributed by atoms with van der Waals surface area (Å²) in [5.41, 5.74) is 0.455. The highest BCUT2D eigenvalue weighted by molar-refractivity contribution is 7.86. The maximum Gasteiger partial charge on any atom is 0.335 e. The van der Waals surface area contributed by atoms with Crippen molar-refractivity contribution >= 4 is 90.8 Å². The third-order valence-electron chi connectivity index (χ3n) is 7.49. The number of nitrogens with one attached hydrogen (secondary N) is 2. The second-order valence-corrected chi connectivity index (χ2v) is 14.8. The summed E-state index contributed by atoms with van der Waals surface area (Å²) in [5, 5.41) is 23.6. The average molecular weight is 838 g/mol. The van der Waals surface area contributed by atoms with E-state index in [-0.39, 0.29) is 67.5 Å². The number of aromatic carboxylic acids is 2. The number of halogens is 2. The zero-order valence-corrected chi connectivity index (χ0v) is 30.9. The molecule has 0 unspecified atom stereocenters. The van der Waals surface area contributed by atoms with E-state index in [1.807, 2.05) is 0 Å². The average Bonchev–Trinajstić information content (AvgIpc) is 3.13. The molecule has 284 valence electrons. The first kappa shape index (κ1) is 39.3. The van der Waals surface area contributed by atoms with Gasteiger partial charge in [-0.2, -0.15) is 46.7 Å². The molecule has 4 aromatic carbocycles. The largest absolute Gasteiger partial charge is 0.478 e. The number of benzene rings is 4. The Balaban J connectivity index is 1.32. The molecule has 22 heteroatoms. The minimum Gasteiger partial charge on any atom is -0.478 e. The summed E-state index contributed by atoms with van der Waals surface area (Å²) in [4.78, 5) is 45.9. The summed E-state index contributed by atoms with van der Waals surface area (Å²) in [7, 11) is -9.87. The van der Waals surface area contributed by atoms with E-state index < -0.39 is 42.0 Å². The molecular weight excluding hydrogens is 815 g/mol. The van der Waals surface area contributed by atoms with Crippen LogP contribution in [0.4, 0.5) is 23.3 Å². The SMILES string of the molecule is O=C(O)c1cccc(Nc2nc(Cl)nc(-c3ccc(/C=C/c4ccc(-c5nc(Cl)nc(Nc6cccc(C(=O)O)c6)n5)cc4S(=O)(=O)O)c(S(=O)(=O)O)c3)n2)c1. The summed E-state index contributed by atoms with van der Waals surface area (Å²) < 4.78 is 70.4. The zero-order chi connectivity index (χ0) is 40.4. The fourth-order valence-corrected chi connectivity index (χ4v) is 6.78. The van der Waals surface area contributed by atoms with Crippen molar-refractivity contribution in [3.63, 3.8) is 0 Å². The fourth-order valence-electron chi connectivity index (χ4n) is 5.04. The molecule has 0 fully saturated rings. The molecule has 6 aromatic rings. The monoisotopic (exact) mass is 836 g/mol. The van der Waals surface area contributed by atoms with Crippen LogP contribution in [-0.2, 0) is 20.2 Å². The Morgan fingerprint density at radius 3 is 1.30 bits per heavy atom. The van der Waals surface area contributed by atoms with Crippen LogP contribution in [0.1, 0.15) is 31.8 Å². The number of carbonyl (C=O) groups is 2. The fraction of sp³-hybridized carbons (Fsp3) is 0. The van der Waals surface area contributed by atoms with Gasteiger partial charge in [-0.3, -0.25) is 9.11 Å². The maximum atomic E-state index is 12.5. The Labute approximate surface area is 326 Å². The topological polar surface area (TPSA) is 285 Å². The van der Waals surface area contributed by atoms with Gasteiger partial charge in [0, 0.05) is 22.5 Å². The summed E-state index contributed by atoms with van der Waals surface area (Å²) in [5.74, 6) is -2.82. The predicted octanol–water partition coefficient (Wildman–Crippen LogP) is 6.24. The van der Waals surface area contributed by atoms with Crippen molar-refractivity contribution in [1.29, 1.82) is 0 Å². The highest BCUT2D eigenvalue weighted by atomic mass is 35.5. The van der Waals surface area contributed by atoms with E-state index in [1.165, 1.54) is 72.8 Å². The molecule has 18 nitrogen and oxygen atoms in total. The first-order chi connectivity index (χ1) is 26.4. The smallest absolute Gasteiger partial charge is 0.335 e. The number of anilines is 4. The molecule has 0 aliphatic rings. The van der Waals surface area contributed by atoms with E-state index in [1.54, 1.807) is 12.1 Å². The third-order valence-corrected chi connectivity index (χ3v) is 9.65. The van der Waals surface area contributed by atoms with Crippen LogP contribution < -0.4 is 10.6 Å². The second-order valence-electron chi connectivity index (χ2n) is 11.3. The van der Waals surface area contributed by atoms with Crippen LogP contribution in [0.3, 0.4) is 0 Å². The van der Waals surface area contributed by atoms with Crippen LogP contribution in [0.2, 0.25) is 10.6 Å². The van der Waals surface area contributed by atoms with Gasteiger partial charge < -0.3 is 20.8 Å². The number of hydrogen-bond donors (Lipinski definition) is 6. The van der Waals surface area contributed by atoms with E-state index in [9.17, 15) is 45.7 Å². The van der Waals surface area contributed by atoms with Gasteiger partial charge in [0.2, 0.25) is 22.5 Å². The van der Waals surface area contributed by atoms with Gasteiger partial charge in [0.05, 0.1) is 11.1 Å². The van der Waals surface area contributed by atoms with E-state index >= 15 is 0 Å². The van der Waals surface area contributed by atoms with Gasteiger partial charge in [0.25, 0.3) is 20.2 Å². The molecule has 0 aliphatic heterocycles. The predicted molar refractivity (Wildman–Crippen MR) is 202 cm³/mol. The molecule has 2 aromatic heterocycles. The molecule has 0 radical (unpaired) electrons. The minimum atomic E-state index is -4.93. The molecule has 56 heavy (non-hydrogen) atoms. The molecule has 6 N–H and O–H groups in total. The lowest BCUT2D eigenvalue weighted by Crippen LogP contribution is -2.05. The van der Waals surface area contributed by atoms with Crippen molar-refractivity contribution in [3.05, 3.63) is 118 Å². The quantitative estimate of drug-likeness (QED) is 0.0587. The van der Waals surface area contributed by atoms with Crippen LogP contribution >= 0.6 is 23.2 Å². The summed E-state index contributed by atoms with van der Waals surface area (Å²) in [6, 6.07) is 18.8. The lowest BCUT2D eigenvalue weighted by molar-refractivity contribution is 0.0686. The Hall–Kier alpha value is -6.42. The highest BCUT2D eigenvalue weighted by Gasteiger charge is 2.20. The van der Waals surface area contributed by atoms with Crippen molar-refractivity contribution in [2.24, 2.45) is 0 Å². The Bertz CT molecular complexity index is 2640. The first-order valence-electron chi connectivity index (χ1n) is 15.4. The van der Waals surface area contributed by atoms with E-state index in [0.29, 0.717) is 11.4 Å². The maximum absolute atomic E-state index is 12.5. The summed E-state index contributed by atoms with van der Waals surface area (Å²) in [6.45, 7) is 0. The Morgan fingerprint density at radius 1 is 0.554 bits per heavy atom. The number of rotatable bonds is 12. The summed E-state index contributed by atoms with van der Waals surface area (Å²) >= 11 is 12.2. The van der Waals surface area contributed by atoms with Gasteiger partial charge >= 0.3 is 11.9 Å². The van der Waals surface area contributed by atoms with Gasteiger partial charge in [0.15, 0.2) is 11.6 Å².